The van der Waals surface area contributed by atoms with Crippen molar-refractivity contribution < 1.29 is 4.42 Å². The molecule has 3 heteroatoms. The van der Waals surface area contributed by atoms with Crippen LogP contribution in [-0.2, 0) is 13.0 Å². The van der Waals surface area contributed by atoms with Crippen molar-refractivity contribution in [3.8, 4) is 0 Å². The Labute approximate surface area is 100 Å². The van der Waals surface area contributed by atoms with E-state index in [1.807, 2.05) is 18.2 Å². The molecule has 2 aromatic rings. The fourth-order valence-corrected chi connectivity index (χ4v) is 1.61. The summed E-state index contributed by atoms with van der Waals surface area (Å²) in [6.45, 7) is 1.45. The van der Waals surface area contributed by atoms with Gasteiger partial charge in [0.25, 0.3) is 0 Å². The molecule has 0 atom stereocenters. The van der Waals surface area contributed by atoms with Crippen molar-refractivity contribution in [2.75, 3.05) is 6.54 Å². The minimum absolute atomic E-state index is 0.0175. The van der Waals surface area contributed by atoms with E-state index in [-0.39, 0.29) is 5.43 Å². The first kappa shape index (κ1) is 11.6. The van der Waals surface area contributed by atoms with Crippen LogP contribution < -0.4 is 10.7 Å². The van der Waals surface area contributed by atoms with Gasteiger partial charge in [-0.1, -0.05) is 30.3 Å². The molecule has 2 rings (SSSR count). The standard InChI is InChI=1S/C14H15NO2/c16-13-7-9-17-14(10-13)11-15-8-6-12-4-2-1-3-5-12/h1-5,7,9-10,15H,6,8,11H2. The van der Waals surface area contributed by atoms with E-state index in [2.05, 4.69) is 17.4 Å². The second kappa shape index (κ2) is 6.01. The molecule has 0 radical (unpaired) electrons. The van der Waals surface area contributed by atoms with Gasteiger partial charge in [-0.3, -0.25) is 4.79 Å². The summed E-state index contributed by atoms with van der Waals surface area (Å²) in [6.07, 6.45) is 2.40. The Bertz CT molecular complexity index is 505. The predicted octanol–water partition coefficient (Wildman–Crippen LogP) is 1.97. The van der Waals surface area contributed by atoms with Gasteiger partial charge in [-0.25, -0.2) is 0 Å². The van der Waals surface area contributed by atoms with Gasteiger partial charge < -0.3 is 9.73 Å². The average Bonchev–Trinajstić information content (AvgIpc) is 2.36. The first-order valence-corrected chi connectivity index (χ1v) is 5.67. The summed E-state index contributed by atoms with van der Waals surface area (Å²) in [5, 5.41) is 3.24. The zero-order chi connectivity index (χ0) is 11.9. The molecule has 0 aliphatic carbocycles. The predicted molar refractivity (Wildman–Crippen MR) is 66.8 cm³/mol. The van der Waals surface area contributed by atoms with Crippen LogP contribution in [0, 0.1) is 0 Å². The maximum atomic E-state index is 11.1. The lowest BCUT2D eigenvalue weighted by atomic mass is 10.1. The summed E-state index contributed by atoms with van der Waals surface area (Å²) in [5.74, 6) is 0.672. The number of hydrogen-bond donors (Lipinski definition) is 1. The lowest BCUT2D eigenvalue weighted by molar-refractivity contribution is 0.467. The molecule has 0 aliphatic rings. The molecule has 17 heavy (non-hydrogen) atoms. The molecule has 0 fully saturated rings. The molecule has 1 N–H and O–H groups in total. The third-order valence-electron chi connectivity index (χ3n) is 2.49. The second-order valence-electron chi connectivity index (χ2n) is 3.85. The van der Waals surface area contributed by atoms with Crippen molar-refractivity contribution in [1.82, 2.24) is 5.32 Å². The Balaban J connectivity index is 1.75. The second-order valence-corrected chi connectivity index (χ2v) is 3.85. The SMILES string of the molecule is O=c1ccoc(CNCCc2ccccc2)c1. The van der Waals surface area contributed by atoms with Gasteiger partial charge in [0.2, 0.25) is 0 Å². The smallest absolute Gasteiger partial charge is 0.185 e. The van der Waals surface area contributed by atoms with Crippen molar-refractivity contribution in [3.05, 3.63) is 70.3 Å². The third kappa shape index (κ3) is 3.89. The van der Waals surface area contributed by atoms with Gasteiger partial charge in [0.15, 0.2) is 5.43 Å². The fraction of sp³-hybridized carbons (Fsp3) is 0.214. The van der Waals surface area contributed by atoms with E-state index >= 15 is 0 Å². The molecule has 0 saturated carbocycles. The number of hydrogen-bond acceptors (Lipinski definition) is 3. The van der Waals surface area contributed by atoms with Crippen LogP contribution in [0.4, 0.5) is 0 Å². The third-order valence-corrected chi connectivity index (χ3v) is 2.49. The van der Waals surface area contributed by atoms with Crippen LogP contribution in [0.3, 0.4) is 0 Å². The van der Waals surface area contributed by atoms with Gasteiger partial charge in [-0.05, 0) is 18.5 Å². The van der Waals surface area contributed by atoms with Crippen LogP contribution in [0.1, 0.15) is 11.3 Å². The minimum Gasteiger partial charge on any atom is -0.468 e. The molecule has 0 saturated heterocycles. The molecular weight excluding hydrogens is 214 g/mol. The van der Waals surface area contributed by atoms with Gasteiger partial charge >= 0.3 is 0 Å². The lowest BCUT2D eigenvalue weighted by Gasteiger charge is -2.03. The minimum atomic E-state index is -0.0175. The summed E-state index contributed by atoms with van der Waals surface area (Å²) in [6, 6.07) is 13.2. The van der Waals surface area contributed by atoms with Crippen molar-refractivity contribution in [1.29, 1.82) is 0 Å². The van der Waals surface area contributed by atoms with Crippen LogP contribution in [0.2, 0.25) is 0 Å². The molecule has 1 aromatic heterocycles. The molecule has 0 amide bonds. The molecule has 1 heterocycles. The molecule has 88 valence electrons. The van der Waals surface area contributed by atoms with E-state index in [0.29, 0.717) is 12.3 Å². The zero-order valence-electron chi connectivity index (χ0n) is 9.56. The molecule has 0 aliphatic heterocycles. The van der Waals surface area contributed by atoms with Gasteiger partial charge in [-0.15, -0.1) is 0 Å². The summed E-state index contributed by atoms with van der Waals surface area (Å²) in [5.41, 5.74) is 1.28. The monoisotopic (exact) mass is 229 g/mol. The highest BCUT2D eigenvalue weighted by Gasteiger charge is 1.96. The van der Waals surface area contributed by atoms with Crippen LogP contribution in [0.15, 0.2) is 57.9 Å². The molecule has 1 aromatic carbocycles. The topological polar surface area (TPSA) is 42.2 Å². The normalized spacial score (nSPS) is 10.4. The highest BCUT2D eigenvalue weighted by atomic mass is 16.3. The summed E-state index contributed by atoms with van der Waals surface area (Å²) in [4.78, 5) is 11.1. The summed E-state index contributed by atoms with van der Waals surface area (Å²) >= 11 is 0. The van der Waals surface area contributed by atoms with Crippen LogP contribution >= 0.6 is 0 Å². The van der Waals surface area contributed by atoms with Crippen LogP contribution in [0.5, 0.6) is 0 Å². The lowest BCUT2D eigenvalue weighted by Crippen LogP contribution is -2.17. The average molecular weight is 229 g/mol. The first-order chi connectivity index (χ1) is 8.34. The maximum Gasteiger partial charge on any atom is 0.185 e. The molecule has 0 bridgehead atoms. The van der Waals surface area contributed by atoms with E-state index in [4.69, 9.17) is 4.42 Å². The Morgan fingerprint density at radius 3 is 2.71 bits per heavy atom. The van der Waals surface area contributed by atoms with E-state index < -0.39 is 0 Å². The van der Waals surface area contributed by atoms with Gasteiger partial charge in [-0.2, -0.15) is 0 Å². The Morgan fingerprint density at radius 1 is 1.12 bits per heavy atom. The number of benzene rings is 1. The van der Waals surface area contributed by atoms with Crippen molar-refractivity contribution in [2.45, 2.75) is 13.0 Å². The summed E-state index contributed by atoms with van der Waals surface area (Å²) in [7, 11) is 0. The van der Waals surface area contributed by atoms with E-state index in [1.165, 1.54) is 24.0 Å². The van der Waals surface area contributed by atoms with Crippen molar-refractivity contribution >= 4 is 0 Å². The van der Waals surface area contributed by atoms with E-state index in [1.54, 1.807) is 0 Å². The highest BCUT2D eigenvalue weighted by Crippen LogP contribution is 1.99. The first-order valence-electron chi connectivity index (χ1n) is 5.67. The maximum absolute atomic E-state index is 11.1. The quantitative estimate of drug-likeness (QED) is 0.797. The summed E-state index contributed by atoms with van der Waals surface area (Å²) < 4.78 is 5.20. The van der Waals surface area contributed by atoms with Gasteiger partial charge in [0, 0.05) is 12.1 Å². The van der Waals surface area contributed by atoms with Crippen molar-refractivity contribution in [2.24, 2.45) is 0 Å². The van der Waals surface area contributed by atoms with Gasteiger partial charge in [0.1, 0.15) is 5.76 Å². The Hall–Kier alpha value is -1.87. The molecular formula is C14H15NO2. The number of nitrogens with one attached hydrogen (secondary N) is 1. The van der Waals surface area contributed by atoms with Crippen LogP contribution in [0.25, 0.3) is 0 Å². The Kier molecular flexibility index (Phi) is 4.11. The van der Waals surface area contributed by atoms with E-state index in [9.17, 15) is 4.79 Å². The Morgan fingerprint density at radius 2 is 1.94 bits per heavy atom. The largest absolute Gasteiger partial charge is 0.468 e. The number of rotatable bonds is 5. The molecule has 3 nitrogen and oxygen atoms in total. The fourth-order valence-electron chi connectivity index (χ4n) is 1.61. The molecule has 0 unspecified atom stereocenters. The van der Waals surface area contributed by atoms with Gasteiger partial charge in [0.05, 0.1) is 12.8 Å². The van der Waals surface area contributed by atoms with E-state index in [0.717, 1.165) is 13.0 Å². The highest BCUT2D eigenvalue weighted by molar-refractivity contribution is 5.14. The molecule has 0 spiro atoms. The zero-order valence-corrected chi connectivity index (χ0v) is 9.56. The van der Waals surface area contributed by atoms with Crippen LogP contribution in [-0.4, -0.2) is 6.54 Å². The van der Waals surface area contributed by atoms with Crippen molar-refractivity contribution in [3.63, 3.8) is 0 Å².